The molecule has 5 rings (SSSR count). The number of nitrogens with zero attached hydrogens (tertiary/aromatic N) is 1. The van der Waals surface area contributed by atoms with E-state index in [2.05, 4.69) is 5.32 Å². The number of fused-ring (bicyclic) bond motifs is 1. The number of nitrogens with one attached hydrogen (secondary N) is 1. The molecule has 0 saturated heterocycles. The fraction of sp³-hybridized carbons (Fsp3) is 0.0714. The van der Waals surface area contributed by atoms with Gasteiger partial charge in [0.2, 0.25) is 5.91 Å². The van der Waals surface area contributed by atoms with Crippen LogP contribution < -0.4 is 15.6 Å². The molecular weight excluding hydrogens is 444 g/mol. The fourth-order valence-electron chi connectivity index (χ4n) is 3.80. The standard InChI is InChI=1S/C28H22N2O3S/c31-27(29-23-16-8-9-17-25(23)33-21-13-5-2-6-14-21)24(19-20-11-3-1-4-12-20)30-28(32)22-15-7-10-18-26(22)34-30/h1-18,24H,19H2,(H,29,31). The number of anilines is 1. The van der Waals surface area contributed by atoms with Crippen LogP contribution >= 0.6 is 11.5 Å². The molecule has 1 atom stereocenters. The molecule has 0 spiro atoms. The van der Waals surface area contributed by atoms with Crippen LogP contribution in [0.2, 0.25) is 0 Å². The Bertz CT molecular complexity index is 1480. The first-order valence-corrected chi connectivity index (χ1v) is 11.7. The van der Waals surface area contributed by atoms with Crippen molar-refractivity contribution >= 4 is 33.2 Å². The summed E-state index contributed by atoms with van der Waals surface area (Å²) in [6, 6.07) is 33.1. The average Bonchev–Trinajstić information content (AvgIpc) is 3.21. The number of hydrogen-bond donors (Lipinski definition) is 1. The molecule has 1 heterocycles. The van der Waals surface area contributed by atoms with Gasteiger partial charge >= 0.3 is 0 Å². The van der Waals surface area contributed by atoms with Crippen LogP contribution in [0.1, 0.15) is 11.6 Å². The van der Waals surface area contributed by atoms with E-state index in [0.717, 1.165) is 10.3 Å². The summed E-state index contributed by atoms with van der Waals surface area (Å²) in [4.78, 5) is 26.8. The number of amides is 1. The van der Waals surface area contributed by atoms with Gasteiger partial charge in [-0.25, -0.2) is 0 Å². The predicted octanol–water partition coefficient (Wildman–Crippen LogP) is 6.28. The minimum Gasteiger partial charge on any atom is -0.455 e. The molecule has 0 radical (unpaired) electrons. The Morgan fingerprint density at radius 2 is 1.47 bits per heavy atom. The Morgan fingerprint density at radius 1 is 0.824 bits per heavy atom. The van der Waals surface area contributed by atoms with Gasteiger partial charge in [-0.15, -0.1) is 0 Å². The first-order valence-electron chi connectivity index (χ1n) is 11.0. The predicted molar refractivity (Wildman–Crippen MR) is 137 cm³/mol. The van der Waals surface area contributed by atoms with E-state index < -0.39 is 6.04 Å². The van der Waals surface area contributed by atoms with Crippen molar-refractivity contribution in [2.75, 3.05) is 5.32 Å². The van der Waals surface area contributed by atoms with Crippen molar-refractivity contribution in [1.29, 1.82) is 0 Å². The lowest BCUT2D eigenvalue weighted by atomic mass is 10.1. The summed E-state index contributed by atoms with van der Waals surface area (Å²) in [7, 11) is 0. The van der Waals surface area contributed by atoms with E-state index >= 15 is 0 Å². The monoisotopic (exact) mass is 466 g/mol. The topological polar surface area (TPSA) is 60.3 Å². The number of ether oxygens (including phenoxy) is 1. The van der Waals surface area contributed by atoms with Crippen molar-refractivity contribution in [3.05, 3.63) is 125 Å². The quantitative estimate of drug-likeness (QED) is 0.307. The summed E-state index contributed by atoms with van der Waals surface area (Å²) in [6.45, 7) is 0. The summed E-state index contributed by atoms with van der Waals surface area (Å²) < 4.78 is 8.44. The van der Waals surface area contributed by atoms with E-state index in [0.29, 0.717) is 29.0 Å². The van der Waals surface area contributed by atoms with Gasteiger partial charge in [-0.2, -0.15) is 0 Å². The summed E-state index contributed by atoms with van der Waals surface area (Å²) in [5.41, 5.74) is 1.36. The summed E-state index contributed by atoms with van der Waals surface area (Å²) in [6.07, 6.45) is 0.390. The normalized spacial score (nSPS) is 11.8. The zero-order valence-electron chi connectivity index (χ0n) is 18.3. The number of para-hydroxylation sites is 3. The first-order chi connectivity index (χ1) is 16.7. The van der Waals surface area contributed by atoms with Crippen LogP contribution in [0.3, 0.4) is 0 Å². The van der Waals surface area contributed by atoms with Crippen molar-refractivity contribution in [3.8, 4) is 11.5 Å². The molecule has 0 aliphatic heterocycles. The van der Waals surface area contributed by atoms with Gasteiger partial charge in [0, 0.05) is 6.42 Å². The minimum atomic E-state index is -0.711. The molecule has 34 heavy (non-hydrogen) atoms. The van der Waals surface area contributed by atoms with Gasteiger partial charge in [0.25, 0.3) is 5.56 Å². The molecule has 0 aliphatic rings. The van der Waals surface area contributed by atoms with Crippen molar-refractivity contribution < 1.29 is 9.53 Å². The maximum absolute atomic E-state index is 13.6. The van der Waals surface area contributed by atoms with Crippen molar-refractivity contribution in [1.82, 2.24) is 3.96 Å². The third kappa shape index (κ3) is 4.63. The lowest BCUT2D eigenvalue weighted by Gasteiger charge is -2.19. The zero-order valence-corrected chi connectivity index (χ0v) is 19.1. The van der Waals surface area contributed by atoms with Crippen LogP contribution in [0.5, 0.6) is 11.5 Å². The van der Waals surface area contributed by atoms with E-state index in [4.69, 9.17) is 4.74 Å². The lowest BCUT2D eigenvalue weighted by molar-refractivity contribution is -0.119. The van der Waals surface area contributed by atoms with E-state index in [1.807, 2.05) is 91.0 Å². The smallest absolute Gasteiger partial charge is 0.269 e. The van der Waals surface area contributed by atoms with Gasteiger partial charge < -0.3 is 10.1 Å². The minimum absolute atomic E-state index is 0.162. The first kappa shape index (κ1) is 21.7. The van der Waals surface area contributed by atoms with Gasteiger partial charge in [0.15, 0.2) is 5.75 Å². The summed E-state index contributed by atoms with van der Waals surface area (Å²) in [5, 5.41) is 3.62. The molecule has 0 aliphatic carbocycles. The second-order valence-electron chi connectivity index (χ2n) is 7.82. The van der Waals surface area contributed by atoms with Crippen molar-refractivity contribution in [2.24, 2.45) is 0 Å². The maximum Gasteiger partial charge on any atom is 0.269 e. The highest BCUT2D eigenvalue weighted by molar-refractivity contribution is 7.14. The Labute approximate surface area is 201 Å². The van der Waals surface area contributed by atoms with E-state index in [1.54, 1.807) is 22.2 Å². The third-order valence-electron chi connectivity index (χ3n) is 5.49. The SMILES string of the molecule is O=C(Nc1ccccc1Oc1ccccc1)C(Cc1ccccc1)n1sc2ccccc2c1=O. The van der Waals surface area contributed by atoms with Crippen LogP contribution in [0.25, 0.3) is 10.1 Å². The molecule has 6 heteroatoms. The number of carbonyl (C=O) groups is 1. The number of hydrogen-bond acceptors (Lipinski definition) is 4. The van der Waals surface area contributed by atoms with Crippen LogP contribution in [-0.2, 0) is 11.2 Å². The van der Waals surface area contributed by atoms with E-state index in [9.17, 15) is 9.59 Å². The lowest BCUT2D eigenvalue weighted by Crippen LogP contribution is -2.32. The number of carbonyl (C=O) groups excluding carboxylic acids is 1. The molecule has 168 valence electrons. The molecule has 0 saturated carbocycles. The van der Waals surface area contributed by atoms with Crippen molar-refractivity contribution in [2.45, 2.75) is 12.5 Å². The molecule has 5 aromatic rings. The Morgan fingerprint density at radius 3 is 2.24 bits per heavy atom. The van der Waals surface area contributed by atoms with Crippen LogP contribution in [0, 0.1) is 0 Å². The van der Waals surface area contributed by atoms with Gasteiger partial charge in [-0.3, -0.25) is 13.5 Å². The number of rotatable bonds is 7. The highest BCUT2D eigenvalue weighted by Crippen LogP contribution is 2.31. The summed E-state index contributed by atoms with van der Waals surface area (Å²) in [5.74, 6) is 0.927. The second kappa shape index (κ2) is 9.77. The second-order valence-corrected chi connectivity index (χ2v) is 8.84. The third-order valence-corrected chi connectivity index (χ3v) is 6.66. The summed E-state index contributed by atoms with van der Waals surface area (Å²) >= 11 is 1.31. The van der Waals surface area contributed by atoms with Gasteiger partial charge in [-0.05, 0) is 42.0 Å². The molecule has 0 fully saturated rings. The highest BCUT2D eigenvalue weighted by atomic mass is 32.1. The molecule has 1 amide bonds. The Balaban J connectivity index is 1.49. The molecule has 1 N–H and O–H groups in total. The molecule has 1 aromatic heterocycles. The number of benzene rings is 4. The van der Waals surface area contributed by atoms with Crippen LogP contribution in [-0.4, -0.2) is 9.86 Å². The van der Waals surface area contributed by atoms with Crippen molar-refractivity contribution in [3.63, 3.8) is 0 Å². The van der Waals surface area contributed by atoms with Gasteiger partial charge in [0.1, 0.15) is 11.8 Å². The molecule has 4 aromatic carbocycles. The molecular formula is C28H22N2O3S. The molecule has 0 bridgehead atoms. The molecule has 5 nitrogen and oxygen atoms in total. The largest absolute Gasteiger partial charge is 0.455 e. The maximum atomic E-state index is 13.6. The van der Waals surface area contributed by atoms with Gasteiger partial charge in [-0.1, -0.05) is 84.3 Å². The Kier molecular flexibility index (Phi) is 6.23. The van der Waals surface area contributed by atoms with E-state index in [-0.39, 0.29) is 11.5 Å². The number of aromatic nitrogens is 1. The van der Waals surface area contributed by atoms with Crippen LogP contribution in [0.15, 0.2) is 114 Å². The fourth-order valence-corrected chi connectivity index (χ4v) is 4.89. The van der Waals surface area contributed by atoms with Gasteiger partial charge in [0.05, 0.1) is 15.8 Å². The van der Waals surface area contributed by atoms with Crippen LogP contribution in [0.4, 0.5) is 5.69 Å². The average molecular weight is 467 g/mol. The molecule has 1 unspecified atom stereocenters. The van der Waals surface area contributed by atoms with E-state index in [1.165, 1.54) is 11.5 Å². The zero-order chi connectivity index (χ0) is 23.3. The highest BCUT2D eigenvalue weighted by Gasteiger charge is 2.26. The Hall–Kier alpha value is -4.16.